The van der Waals surface area contributed by atoms with Crippen LogP contribution in [-0.4, -0.2) is 13.1 Å². The number of benzene rings is 4. The summed E-state index contributed by atoms with van der Waals surface area (Å²) < 4.78 is 17.9. The van der Waals surface area contributed by atoms with Gasteiger partial charge in [0.15, 0.2) is 11.5 Å². The zero-order valence-corrected chi connectivity index (χ0v) is 23.6. The van der Waals surface area contributed by atoms with Crippen LogP contribution in [-0.2, 0) is 6.42 Å². The summed E-state index contributed by atoms with van der Waals surface area (Å²) in [4.78, 5) is 13.3. The minimum atomic E-state index is -0.407. The van der Waals surface area contributed by atoms with E-state index < -0.39 is 5.97 Å². The predicted molar refractivity (Wildman–Crippen MR) is 164 cm³/mol. The Labute approximate surface area is 234 Å². The zero-order chi connectivity index (χ0) is 27.8. The van der Waals surface area contributed by atoms with E-state index in [4.69, 9.17) is 13.9 Å². The third-order valence-electron chi connectivity index (χ3n) is 8.14. The minimum Gasteiger partial charge on any atom is -0.493 e. The Bertz CT molecular complexity index is 1880. The van der Waals surface area contributed by atoms with Crippen LogP contribution in [0.15, 0.2) is 77.4 Å². The van der Waals surface area contributed by atoms with Crippen molar-refractivity contribution in [1.29, 1.82) is 0 Å². The number of hydrogen-bond acceptors (Lipinski definition) is 4. The molecule has 6 aromatic rings. The van der Waals surface area contributed by atoms with E-state index in [0.717, 1.165) is 61.7 Å². The van der Waals surface area contributed by atoms with Crippen LogP contribution in [0.3, 0.4) is 0 Å². The van der Waals surface area contributed by atoms with Gasteiger partial charge < -0.3 is 13.9 Å². The Morgan fingerprint density at radius 3 is 2.35 bits per heavy atom. The number of carbonyl (C=O) groups is 1. The number of esters is 1. The van der Waals surface area contributed by atoms with E-state index in [1.54, 1.807) is 13.4 Å². The summed E-state index contributed by atoms with van der Waals surface area (Å²) in [6.07, 6.45) is 7.70. The molecule has 4 heteroatoms. The molecule has 1 heterocycles. The zero-order valence-electron chi connectivity index (χ0n) is 23.6. The first-order valence-electron chi connectivity index (χ1n) is 14.1. The van der Waals surface area contributed by atoms with Gasteiger partial charge in [0.1, 0.15) is 5.58 Å². The maximum absolute atomic E-state index is 13.3. The highest BCUT2D eigenvalue weighted by atomic mass is 16.6. The molecule has 6 rings (SSSR count). The summed E-state index contributed by atoms with van der Waals surface area (Å²) in [5, 5.41) is 7.55. The van der Waals surface area contributed by atoms with Crippen LogP contribution in [0.5, 0.6) is 11.5 Å². The van der Waals surface area contributed by atoms with Crippen molar-refractivity contribution in [3.63, 3.8) is 0 Å². The van der Waals surface area contributed by atoms with Gasteiger partial charge in [-0.15, -0.1) is 0 Å². The van der Waals surface area contributed by atoms with Gasteiger partial charge in [-0.3, -0.25) is 0 Å². The van der Waals surface area contributed by atoms with E-state index >= 15 is 0 Å². The molecule has 202 valence electrons. The summed E-state index contributed by atoms with van der Waals surface area (Å²) in [6, 6.07) is 22.2. The normalized spacial score (nSPS) is 11.6. The molecule has 0 aliphatic rings. The van der Waals surface area contributed by atoms with Crippen LogP contribution in [0.25, 0.3) is 43.3 Å². The second-order valence-electron chi connectivity index (χ2n) is 10.7. The molecule has 0 saturated heterocycles. The van der Waals surface area contributed by atoms with Gasteiger partial charge in [-0.05, 0) is 101 Å². The fraction of sp³-hybridized carbons (Fsp3) is 0.250. The SMILES string of the molecule is CCCCCCc1ccc(C(=O)Oc2cc3c(cc2OC)c2occ(C)c(C)c2c2cc4ccccc4c32)cc1. The lowest BCUT2D eigenvalue weighted by atomic mass is 9.95. The van der Waals surface area contributed by atoms with Gasteiger partial charge in [0.05, 0.1) is 18.9 Å². The average Bonchev–Trinajstić information content (AvgIpc) is 3.36. The van der Waals surface area contributed by atoms with Gasteiger partial charge in [-0.1, -0.05) is 62.6 Å². The number of aryl methyl sites for hydroxylation is 3. The van der Waals surface area contributed by atoms with Gasteiger partial charge in [0, 0.05) is 10.8 Å². The van der Waals surface area contributed by atoms with Crippen molar-refractivity contribution in [2.75, 3.05) is 7.11 Å². The van der Waals surface area contributed by atoms with Crippen molar-refractivity contribution in [3.8, 4) is 11.5 Å². The smallest absolute Gasteiger partial charge is 0.343 e. The Kier molecular flexibility index (Phi) is 6.93. The number of methoxy groups -OCH3 is 1. The number of carbonyl (C=O) groups excluding carboxylic acids is 1. The number of fused-ring (bicyclic) bond motifs is 8. The fourth-order valence-corrected chi connectivity index (χ4v) is 5.81. The van der Waals surface area contributed by atoms with Gasteiger partial charge in [-0.25, -0.2) is 4.79 Å². The first-order valence-corrected chi connectivity index (χ1v) is 14.1. The fourth-order valence-electron chi connectivity index (χ4n) is 5.81. The van der Waals surface area contributed by atoms with Crippen LogP contribution in [0, 0.1) is 13.8 Å². The molecule has 4 nitrogen and oxygen atoms in total. The Morgan fingerprint density at radius 2 is 1.57 bits per heavy atom. The second kappa shape index (κ2) is 10.7. The molecular formula is C36H34O4. The molecular weight excluding hydrogens is 496 g/mol. The standard InChI is InChI=1S/C36H34O4/c1-5-6-7-8-11-24-14-16-25(17-15-24)36(37)40-32-19-28-29(20-31(32)38-4)35-33(23(3)22(2)21-39-35)30-18-26-12-9-10-13-27(26)34(28)30/h9-10,12-21H,5-8,11H2,1-4H3. The highest BCUT2D eigenvalue weighted by Crippen LogP contribution is 2.45. The van der Waals surface area contributed by atoms with Crippen molar-refractivity contribution in [2.24, 2.45) is 0 Å². The monoisotopic (exact) mass is 530 g/mol. The molecule has 0 radical (unpaired) electrons. The molecule has 0 unspecified atom stereocenters. The quantitative estimate of drug-likeness (QED) is 0.0850. The van der Waals surface area contributed by atoms with Crippen LogP contribution >= 0.6 is 0 Å². The third kappa shape index (κ3) is 4.48. The van der Waals surface area contributed by atoms with Crippen LogP contribution < -0.4 is 9.47 Å². The van der Waals surface area contributed by atoms with Crippen molar-refractivity contribution >= 4 is 49.3 Å². The largest absolute Gasteiger partial charge is 0.493 e. The number of ether oxygens (including phenoxy) is 2. The molecule has 0 bridgehead atoms. The lowest BCUT2D eigenvalue weighted by molar-refractivity contribution is 0.0730. The lowest BCUT2D eigenvalue weighted by Gasteiger charge is -2.15. The van der Waals surface area contributed by atoms with E-state index in [2.05, 4.69) is 51.1 Å². The van der Waals surface area contributed by atoms with Crippen molar-refractivity contribution in [1.82, 2.24) is 0 Å². The average molecular weight is 531 g/mol. The van der Waals surface area contributed by atoms with Gasteiger partial charge in [-0.2, -0.15) is 0 Å². The van der Waals surface area contributed by atoms with E-state index in [1.807, 2.05) is 36.4 Å². The Balaban J connectivity index is 1.46. The van der Waals surface area contributed by atoms with Crippen LogP contribution in [0.1, 0.15) is 59.7 Å². The summed E-state index contributed by atoms with van der Waals surface area (Å²) in [7, 11) is 1.59. The second-order valence-corrected chi connectivity index (χ2v) is 10.7. The van der Waals surface area contributed by atoms with E-state index in [-0.39, 0.29) is 0 Å². The number of hydrogen-bond donors (Lipinski definition) is 0. The molecule has 0 N–H and O–H groups in total. The Morgan fingerprint density at radius 1 is 0.800 bits per heavy atom. The molecule has 0 atom stereocenters. The van der Waals surface area contributed by atoms with Crippen LogP contribution in [0.2, 0.25) is 0 Å². The number of rotatable bonds is 8. The van der Waals surface area contributed by atoms with Crippen molar-refractivity contribution < 1.29 is 18.7 Å². The van der Waals surface area contributed by atoms with Gasteiger partial charge >= 0.3 is 5.97 Å². The molecule has 40 heavy (non-hydrogen) atoms. The molecule has 5 aromatic carbocycles. The summed E-state index contributed by atoms with van der Waals surface area (Å²) >= 11 is 0. The molecule has 0 fully saturated rings. The number of unbranched alkanes of at least 4 members (excludes halogenated alkanes) is 3. The molecule has 0 aliphatic carbocycles. The molecule has 0 saturated carbocycles. The highest BCUT2D eigenvalue weighted by Gasteiger charge is 2.21. The predicted octanol–water partition coefficient (Wildman–Crippen LogP) is 9.86. The van der Waals surface area contributed by atoms with E-state index in [9.17, 15) is 4.79 Å². The minimum absolute atomic E-state index is 0.387. The summed E-state index contributed by atoms with van der Waals surface area (Å²) in [5.74, 6) is 0.465. The molecule has 1 aromatic heterocycles. The lowest BCUT2D eigenvalue weighted by Crippen LogP contribution is -2.09. The van der Waals surface area contributed by atoms with Crippen molar-refractivity contribution in [2.45, 2.75) is 52.9 Å². The third-order valence-corrected chi connectivity index (χ3v) is 8.14. The topological polar surface area (TPSA) is 48.7 Å². The maximum Gasteiger partial charge on any atom is 0.343 e. The van der Waals surface area contributed by atoms with E-state index in [0.29, 0.717) is 17.1 Å². The van der Waals surface area contributed by atoms with Gasteiger partial charge in [0.25, 0.3) is 0 Å². The molecule has 0 aliphatic heterocycles. The maximum atomic E-state index is 13.3. The highest BCUT2D eigenvalue weighted by molar-refractivity contribution is 6.33. The summed E-state index contributed by atoms with van der Waals surface area (Å²) in [6.45, 7) is 6.42. The molecule has 0 amide bonds. The summed E-state index contributed by atoms with van der Waals surface area (Å²) in [5.41, 5.74) is 4.84. The molecule has 0 spiro atoms. The first kappa shape index (κ1) is 25.9. The van der Waals surface area contributed by atoms with Crippen molar-refractivity contribution in [3.05, 3.63) is 95.2 Å². The Hall–Kier alpha value is -4.31. The first-order chi connectivity index (χ1) is 19.5. The van der Waals surface area contributed by atoms with Crippen LogP contribution in [0.4, 0.5) is 0 Å². The van der Waals surface area contributed by atoms with Gasteiger partial charge in [0.2, 0.25) is 0 Å². The van der Waals surface area contributed by atoms with E-state index in [1.165, 1.54) is 30.4 Å².